The Kier molecular flexibility index (Phi) is 24.7. The second-order valence-electron chi connectivity index (χ2n) is 12.6. The predicted octanol–water partition coefficient (Wildman–Crippen LogP) is 5.81. The third-order valence-corrected chi connectivity index (χ3v) is 8.60. The largest absolute Gasteiger partial charge is 0.466 e. The van der Waals surface area contributed by atoms with Crippen LogP contribution in [-0.2, 0) is 28.5 Å². The van der Waals surface area contributed by atoms with Gasteiger partial charge in [-0.25, -0.2) is 9.59 Å². The monoisotopic (exact) mass is 670 g/mol. The van der Waals surface area contributed by atoms with E-state index >= 15 is 0 Å². The summed E-state index contributed by atoms with van der Waals surface area (Å²) >= 11 is 0. The fourth-order valence-electron chi connectivity index (χ4n) is 5.58. The zero-order valence-corrected chi connectivity index (χ0v) is 30.2. The van der Waals surface area contributed by atoms with Crippen molar-refractivity contribution in [1.29, 1.82) is 0 Å². The molecule has 47 heavy (non-hydrogen) atoms. The van der Waals surface area contributed by atoms with Gasteiger partial charge in [-0.3, -0.25) is 9.59 Å². The maximum absolute atomic E-state index is 12.4. The highest BCUT2D eigenvalue weighted by Crippen LogP contribution is 2.18. The number of carbonyl (C=O) groups excluding carboxylic acids is 4. The van der Waals surface area contributed by atoms with E-state index in [0.29, 0.717) is 71.1 Å². The molecule has 274 valence electrons. The molecule has 1 fully saturated rings. The molecule has 0 spiro atoms. The molecule has 12 heteroatoms. The molecule has 2 amide bonds. The van der Waals surface area contributed by atoms with Crippen molar-refractivity contribution in [3.63, 3.8) is 0 Å². The SMILES string of the molecule is CCCC(CC)OC(=O)NCCCCOC(=O)CCN(CCC(=O)OCCCCNC(=O)OC(CC)CCC)CCC1CCCN1C. The molecule has 0 aliphatic carbocycles. The maximum atomic E-state index is 12.4. The van der Waals surface area contributed by atoms with E-state index in [0.717, 1.165) is 58.0 Å². The van der Waals surface area contributed by atoms with Gasteiger partial charge < -0.3 is 39.4 Å². The first-order chi connectivity index (χ1) is 22.7. The van der Waals surface area contributed by atoms with Gasteiger partial charge in [0.25, 0.3) is 0 Å². The third-order valence-electron chi connectivity index (χ3n) is 8.60. The van der Waals surface area contributed by atoms with Crippen LogP contribution in [0.2, 0.25) is 0 Å². The van der Waals surface area contributed by atoms with Crippen LogP contribution in [0.5, 0.6) is 0 Å². The lowest BCUT2D eigenvalue weighted by molar-refractivity contribution is -0.144. The summed E-state index contributed by atoms with van der Waals surface area (Å²) in [5.74, 6) is -0.525. The van der Waals surface area contributed by atoms with E-state index in [-0.39, 0.29) is 37.0 Å². The number of ether oxygens (including phenoxy) is 4. The lowest BCUT2D eigenvalue weighted by atomic mass is 10.1. The number of amides is 2. The highest BCUT2D eigenvalue weighted by atomic mass is 16.6. The fourth-order valence-corrected chi connectivity index (χ4v) is 5.58. The van der Waals surface area contributed by atoms with Gasteiger partial charge in [-0.05, 0) is 90.8 Å². The topological polar surface area (TPSA) is 136 Å². The smallest absolute Gasteiger partial charge is 0.407 e. The number of rotatable bonds is 27. The van der Waals surface area contributed by atoms with Crippen LogP contribution in [0.25, 0.3) is 0 Å². The van der Waals surface area contributed by atoms with Crippen molar-refractivity contribution >= 4 is 24.1 Å². The lowest BCUT2D eigenvalue weighted by Crippen LogP contribution is -2.35. The Morgan fingerprint density at radius 3 is 1.64 bits per heavy atom. The highest BCUT2D eigenvalue weighted by Gasteiger charge is 2.22. The summed E-state index contributed by atoms with van der Waals surface area (Å²) in [6.45, 7) is 12.6. The molecule has 3 unspecified atom stereocenters. The summed E-state index contributed by atoms with van der Waals surface area (Å²) in [5, 5.41) is 5.53. The van der Waals surface area contributed by atoms with E-state index in [4.69, 9.17) is 18.9 Å². The van der Waals surface area contributed by atoms with E-state index in [1.54, 1.807) is 0 Å². The Bertz CT molecular complexity index is 805. The van der Waals surface area contributed by atoms with Crippen molar-refractivity contribution in [2.75, 3.05) is 59.5 Å². The summed E-state index contributed by atoms with van der Waals surface area (Å²) in [7, 11) is 2.15. The molecule has 1 aliphatic heterocycles. The highest BCUT2D eigenvalue weighted by molar-refractivity contribution is 5.70. The number of esters is 2. The van der Waals surface area contributed by atoms with Crippen LogP contribution in [0.3, 0.4) is 0 Å². The lowest BCUT2D eigenvalue weighted by Gasteiger charge is -2.26. The summed E-state index contributed by atoms with van der Waals surface area (Å²) in [5.41, 5.74) is 0. The molecular formula is C35H66N4O8. The van der Waals surface area contributed by atoms with Crippen LogP contribution >= 0.6 is 0 Å². The van der Waals surface area contributed by atoms with E-state index < -0.39 is 12.2 Å². The molecule has 0 saturated carbocycles. The Balaban J connectivity index is 2.29. The van der Waals surface area contributed by atoms with E-state index in [9.17, 15) is 19.2 Å². The Morgan fingerprint density at radius 2 is 1.23 bits per heavy atom. The summed E-state index contributed by atoms with van der Waals surface area (Å²) in [4.78, 5) is 53.3. The van der Waals surface area contributed by atoms with Crippen molar-refractivity contribution in [2.45, 2.75) is 142 Å². The molecule has 12 nitrogen and oxygen atoms in total. The fraction of sp³-hybridized carbons (Fsp3) is 0.886. The number of unbranched alkanes of at least 4 members (excludes halogenated alkanes) is 2. The number of hydrogen-bond donors (Lipinski definition) is 2. The maximum Gasteiger partial charge on any atom is 0.407 e. The van der Waals surface area contributed by atoms with Crippen molar-refractivity contribution in [1.82, 2.24) is 20.4 Å². The van der Waals surface area contributed by atoms with Gasteiger partial charge in [0.1, 0.15) is 12.2 Å². The van der Waals surface area contributed by atoms with Crippen LogP contribution < -0.4 is 10.6 Å². The summed E-state index contributed by atoms with van der Waals surface area (Å²) in [6, 6.07) is 0.521. The third kappa shape index (κ3) is 21.8. The van der Waals surface area contributed by atoms with Crippen LogP contribution in [0, 0.1) is 0 Å². The average Bonchev–Trinajstić information content (AvgIpc) is 3.47. The molecule has 2 N–H and O–H groups in total. The zero-order valence-electron chi connectivity index (χ0n) is 30.2. The number of carbonyl (C=O) groups is 4. The molecule has 3 atom stereocenters. The predicted molar refractivity (Wildman–Crippen MR) is 183 cm³/mol. The normalized spacial score (nSPS) is 16.0. The van der Waals surface area contributed by atoms with Gasteiger partial charge in [0.05, 0.1) is 26.1 Å². The van der Waals surface area contributed by atoms with E-state index in [2.05, 4.69) is 41.3 Å². The van der Waals surface area contributed by atoms with Gasteiger partial charge >= 0.3 is 24.1 Å². The minimum absolute atomic E-state index is 0.0492. The number of hydrogen-bond acceptors (Lipinski definition) is 10. The molecule has 1 aliphatic rings. The summed E-state index contributed by atoms with van der Waals surface area (Å²) in [6.07, 6.45) is 10.9. The quantitative estimate of drug-likeness (QED) is 0.0626. The van der Waals surface area contributed by atoms with Gasteiger partial charge in [-0.15, -0.1) is 0 Å². The molecule has 1 rings (SSSR count). The van der Waals surface area contributed by atoms with Crippen LogP contribution in [0.1, 0.15) is 124 Å². The first-order valence-electron chi connectivity index (χ1n) is 18.3. The molecule has 0 aromatic carbocycles. The molecule has 0 bridgehead atoms. The second-order valence-corrected chi connectivity index (χ2v) is 12.6. The Hall–Kier alpha value is -2.60. The molecule has 1 saturated heterocycles. The van der Waals surface area contributed by atoms with E-state index in [1.807, 2.05) is 13.8 Å². The van der Waals surface area contributed by atoms with Crippen molar-refractivity contribution in [3.8, 4) is 0 Å². The minimum atomic E-state index is -0.394. The van der Waals surface area contributed by atoms with Gasteiger partial charge in [0.15, 0.2) is 0 Å². The van der Waals surface area contributed by atoms with Crippen molar-refractivity contribution in [2.24, 2.45) is 0 Å². The standard InChI is InChI=1S/C35H66N4O8/c1-6-15-30(8-3)46-34(42)36-21-10-12-27-44-32(40)19-25-39(24-18-29-17-14-23-38(29)5)26-20-33(41)45-28-13-11-22-37-35(43)47-31(9-4)16-7-2/h29-31H,6-28H2,1-5H3,(H,36,42)(H,37,43). The van der Waals surface area contributed by atoms with Gasteiger partial charge in [-0.2, -0.15) is 0 Å². The molecule has 1 heterocycles. The van der Waals surface area contributed by atoms with Crippen LogP contribution in [0.15, 0.2) is 0 Å². The molecular weight excluding hydrogens is 604 g/mol. The van der Waals surface area contributed by atoms with Crippen LogP contribution in [0.4, 0.5) is 9.59 Å². The number of alkyl carbamates (subject to hydrolysis) is 2. The zero-order chi connectivity index (χ0) is 34.7. The summed E-state index contributed by atoms with van der Waals surface area (Å²) < 4.78 is 21.7. The Labute approximate surface area is 284 Å². The molecule has 0 aromatic rings. The Morgan fingerprint density at radius 1 is 0.745 bits per heavy atom. The van der Waals surface area contributed by atoms with Crippen molar-refractivity contribution < 1.29 is 38.1 Å². The average molecular weight is 671 g/mol. The van der Waals surface area contributed by atoms with Gasteiger partial charge in [-0.1, -0.05) is 40.5 Å². The first kappa shape index (κ1) is 42.4. The minimum Gasteiger partial charge on any atom is -0.466 e. The molecule has 0 radical (unpaired) electrons. The van der Waals surface area contributed by atoms with E-state index in [1.165, 1.54) is 12.8 Å². The first-order valence-corrected chi connectivity index (χ1v) is 18.3. The molecule has 0 aromatic heterocycles. The number of nitrogens with zero attached hydrogens (tertiary/aromatic N) is 2. The van der Waals surface area contributed by atoms with Crippen molar-refractivity contribution in [3.05, 3.63) is 0 Å². The number of nitrogens with one attached hydrogen (secondary N) is 2. The second kappa shape index (κ2) is 27.4. The van der Waals surface area contributed by atoms with Gasteiger partial charge in [0, 0.05) is 32.2 Å². The number of likely N-dealkylation sites (tertiary alicyclic amines) is 1. The van der Waals surface area contributed by atoms with Crippen LogP contribution in [-0.4, -0.2) is 112 Å². The van der Waals surface area contributed by atoms with Gasteiger partial charge in [0.2, 0.25) is 0 Å².